The molecule has 0 aliphatic heterocycles. The van der Waals surface area contributed by atoms with Crippen LogP contribution in [0, 0.1) is 5.92 Å². The lowest BCUT2D eigenvalue weighted by Crippen LogP contribution is -2.26. The summed E-state index contributed by atoms with van der Waals surface area (Å²) < 4.78 is 9.84. The maximum atomic E-state index is 11.7. The van der Waals surface area contributed by atoms with E-state index in [1.807, 2.05) is 0 Å². The second-order valence-corrected chi connectivity index (χ2v) is 8.08. The summed E-state index contributed by atoms with van der Waals surface area (Å²) in [5.74, 6) is -2.12. The molecular formula is C24H46O5. The van der Waals surface area contributed by atoms with Crippen LogP contribution in [0.1, 0.15) is 117 Å². The van der Waals surface area contributed by atoms with Crippen LogP contribution in [0.5, 0.6) is 0 Å². The number of hydrogen-bond donors (Lipinski definition) is 1. The molecule has 0 fully saturated rings. The average Bonchev–Trinajstić information content (AvgIpc) is 2.73. The quantitative estimate of drug-likeness (QED) is 0.142. The standard InChI is InChI=1S/C24H46O5/c1-3-4-5-6-7-8-9-10-11-12-13-14-15-16-17-18-20-28-23(26)22(2)24(27)29-21-19-25/h22,25H,3-21H2,1-2H3. The molecule has 0 aromatic carbocycles. The molecule has 0 bridgehead atoms. The van der Waals surface area contributed by atoms with Crippen LogP contribution in [0.15, 0.2) is 0 Å². The first kappa shape index (κ1) is 27.9. The monoisotopic (exact) mass is 414 g/mol. The molecule has 0 saturated carbocycles. The van der Waals surface area contributed by atoms with E-state index in [0.29, 0.717) is 6.61 Å². The number of aliphatic hydroxyl groups excluding tert-OH is 1. The third-order valence-corrected chi connectivity index (χ3v) is 5.28. The molecule has 29 heavy (non-hydrogen) atoms. The van der Waals surface area contributed by atoms with Gasteiger partial charge >= 0.3 is 11.9 Å². The molecule has 1 unspecified atom stereocenters. The van der Waals surface area contributed by atoms with Gasteiger partial charge in [-0.3, -0.25) is 9.59 Å². The fourth-order valence-electron chi connectivity index (χ4n) is 3.32. The molecule has 5 heteroatoms. The van der Waals surface area contributed by atoms with Crippen LogP contribution in [0.2, 0.25) is 0 Å². The van der Waals surface area contributed by atoms with Crippen molar-refractivity contribution in [1.29, 1.82) is 0 Å². The molecule has 0 rings (SSSR count). The van der Waals surface area contributed by atoms with E-state index in [9.17, 15) is 9.59 Å². The highest BCUT2D eigenvalue weighted by molar-refractivity contribution is 5.94. The van der Waals surface area contributed by atoms with E-state index in [-0.39, 0.29) is 13.2 Å². The molecular weight excluding hydrogens is 368 g/mol. The van der Waals surface area contributed by atoms with Gasteiger partial charge in [0.1, 0.15) is 6.61 Å². The van der Waals surface area contributed by atoms with Gasteiger partial charge in [0.2, 0.25) is 0 Å². The normalized spacial score (nSPS) is 12.0. The summed E-state index contributed by atoms with van der Waals surface area (Å²) in [6.45, 7) is 3.76. The summed E-state index contributed by atoms with van der Waals surface area (Å²) in [5.41, 5.74) is 0. The third-order valence-electron chi connectivity index (χ3n) is 5.28. The van der Waals surface area contributed by atoms with Crippen molar-refractivity contribution in [2.24, 2.45) is 5.92 Å². The highest BCUT2D eigenvalue weighted by Crippen LogP contribution is 2.13. The summed E-state index contributed by atoms with van der Waals surface area (Å²) in [5, 5.41) is 8.61. The maximum Gasteiger partial charge on any atom is 0.320 e. The zero-order chi connectivity index (χ0) is 21.6. The van der Waals surface area contributed by atoms with Gasteiger partial charge in [-0.25, -0.2) is 0 Å². The number of ether oxygens (including phenoxy) is 2. The van der Waals surface area contributed by atoms with Crippen LogP contribution in [-0.2, 0) is 19.1 Å². The van der Waals surface area contributed by atoms with Gasteiger partial charge in [0.25, 0.3) is 0 Å². The van der Waals surface area contributed by atoms with Crippen molar-refractivity contribution in [3.63, 3.8) is 0 Å². The molecule has 0 aromatic heterocycles. The van der Waals surface area contributed by atoms with Gasteiger partial charge in [-0.05, 0) is 13.3 Å². The number of aliphatic hydroxyl groups is 1. The van der Waals surface area contributed by atoms with E-state index >= 15 is 0 Å². The lowest BCUT2D eigenvalue weighted by atomic mass is 10.0. The van der Waals surface area contributed by atoms with Crippen LogP contribution in [-0.4, -0.2) is 36.9 Å². The largest absolute Gasteiger partial charge is 0.465 e. The fraction of sp³-hybridized carbons (Fsp3) is 0.917. The van der Waals surface area contributed by atoms with Gasteiger partial charge in [-0.15, -0.1) is 0 Å². The summed E-state index contributed by atoms with van der Waals surface area (Å²) >= 11 is 0. The Morgan fingerprint density at radius 1 is 0.621 bits per heavy atom. The molecule has 172 valence electrons. The van der Waals surface area contributed by atoms with Gasteiger partial charge in [-0.2, -0.15) is 0 Å². The van der Waals surface area contributed by atoms with Crippen LogP contribution >= 0.6 is 0 Å². The van der Waals surface area contributed by atoms with E-state index in [1.54, 1.807) is 0 Å². The predicted octanol–water partition coefficient (Wildman–Crippen LogP) is 5.96. The Labute approximate surface area is 178 Å². The van der Waals surface area contributed by atoms with E-state index in [1.165, 1.54) is 96.8 Å². The molecule has 0 aliphatic rings. The average molecular weight is 415 g/mol. The Bertz CT molecular complexity index is 383. The van der Waals surface area contributed by atoms with Crippen LogP contribution in [0.25, 0.3) is 0 Å². The topological polar surface area (TPSA) is 72.8 Å². The fourth-order valence-corrected chi connectivity index (χ4v) is 3.32. The molecule has 0 aliphatic carbocycles. The number of rotatable bonds is 21. The zero-order valence-corrected chi connectivity index (χ0v) is 19.1. The van der Waals surface area contributed by atoms with Crippen molar-refractivity contribution in [1.82, 2.24) is 0 Å². The second-order valence-electron chi connectivity index (χ2n) is 8.08. The summed E-state index contributed by atoms with van der Waals surface area (Å²) in [6, 6.07) is 0. The summed E-state index contributed by atoms with van der Waals surface area (Å²) in [6.07, 6.45) is 20.9. The lowest BCUT2D eigenvalue weighted by molar-refractivity contribution is -0.161. The molecule has 1 N–H and O–H groups in total. The third kappa shape index (κ3) is 18.7. The molecule has 0 heterocycles. The van der Waals surface area contributed by atoms with Crippen molar-refractivity contribution in [2.45, 2.75) is 117 Å². The highest BCUT2D eigenvalue weighted by Gasteiger charge is 2.24. The molecule has 0 amide bonds. The minimum Gasteiger partial charge on any atom is -0.465 e. The second kappa shape index (κ2) is 21.6. The number of unbranched alkanes of at least 4 members (excludes halogenated alkanes) is 15. The van der Waals surface area contributed by atoms with Gasteiger partial charge in [0, 0.05) is 0 Å². The maximum absolute atomic E-state index is 11.7. The minimum absolute atomic E-state index is 0.0877. The Morgan fingerprint density at radius 3 is 1.34 bits per heavy atom. The Morgan fingerprint density at radius 2 is 0.966 bits per heavy atom. The van der Waals surface area contributed by atoms with Gasteiger partial charge in [0.15, 0.2) is 5.92 Å². The van der Waals surface area contributed by atoms with Gasteiger partial charge < -0.3 is 14.6 Å². The molecule has 1 atom stereocenters. The van der Waals surface area contributed by atoms with E-state index < -0.39 is 17.9 Å². The first-order valence-corrected chi connectivity index (χ1v) is 12.1. The highest BCUT2D eigenvalue weighted by atomic mass is 16.6. The van der Waals surface area contributed by atoms with E-state index in [4.69, 9.17) is 14.6 Å². The number of carbonyl (C=O) groups is 2. The number of esters is 2. The van der Waals surface area contributed by atoms with Gasteiger partial charge in [-0.1, -0.05) is 103 Å². The summed E-state index contributed by atoms with van der Waals surface area (Å²) in [7, 11) is 0. The number of carbonyl (C=O) groups excluding carboxylic acids is 2. The molecule has 0 saturated heterocycles. The Kier molecular flexibility index (Phi) is 20.8. The first-order chi connectivity index (χ1) is 14.1. The van der Waals surface area contributed by atoms with E-state index in [0.717, 1.165) is 12.8 Å². The molecule has 0 radical (unpaired) electrons. The van der Waals surface area contributed by atoms with Crippen LogP contribution < -0.4 is 0 Å². The van der Waals surface area contributed by atoms with Crippen molar-refractivity contribution in [3.05, 3.63) is 0 Å². The molecule has 0 aromatic rings. The summed E-state index contributed by atoms with van der Waals surface area (Å²) in [4.78, 5) is 23.2. The van der Waals surface area contributed by atoms with Crippen LogP contribution in [0.4, 0.5) is 0 Å². The molecule has 5 nitrogen and oxygen atoms in total. The smallest absolute Gasteiger partial charge is 0.320 e. The Balaban J connectivity index is 3.29. The molecule has 0 spiro atoms. The predicted molar refractivity (Wildman–Crippen MR) is 118 cm³/mol. The van der Waals surface area contributed by atoms with Crippen molar-refractivity contribution >= 4 is 11.9 Å². The number of hydrogen-bond acceptors (Lipinski definition) is 5. The zero-order valence-electron chi connectivity index (χ0n) is 19.1. The minimum atomic E-state index is -0.928. The van der Waals surface area contributed by atoms with E-state index in [2.05, 4.69) is 6.92 Å². The lowest BCUT2D eigenvalue weighted by Gasteiger charge is -2.10. The Hall–Kier alpha value is -1.10. The first-order valence-electron chi connectivity index (χ1n) is 12.1. The van der Waals surface area contributed by atoms with Gasteiger partial charge in [0.05, 0.1) is 13.2 Å². The SMILES string of the molecule is CCCCCCCCCCCCCCCCCCOC(=O)C(C)C(=O)OCCO. The van der Waals surface area contributed by atoms with Crippen molar-refractivity contribution in [3.8, 4) is 0 Å². The van der Waals surface area contributed by atoms with Crippen molar-refractivity contribution in [2.75, 3.05) is 19.8 Å². The van der Waals surface area contributed by atoms with Crippen LogP contribution in [0.3, 0.4) is 0 Å². The van der Waals surface area contributed by atoms with Crippen molar-refractivity contribution < 1.29 is 24.2 Å².